The minimum Gasteiger partial charge on any atom is -0.452 e. The molecule has 2 atom stereocenters. The van der Waals surface area contributed by atoms with Gasteiger partial charge >= 0.3 is 11.8 Å². The molecule has 5 heterocycles. The van der Waals surface area contributed by atoms with E-state index < -0.39 is 0 Å². The van der Waals surface area contributed by atoms with Gasteiger partial charge in [-0.1, -0.05) is 66.2 Å². The number of hydrogen-bond acceptors (Lipinski definition) is 2. The second kappa shape index (κ2) is 6.20. The SMILES string of the molecule is CC(C)[C@H]1COc2c3[n+](c([BH-]4C5CCCC4CCC5)n21)[C@@H](C(C)C)CO3. The highest BCUT2D eigenvalue weighted by Crippen LogP contribution is 2.48. The van der Waals surface area contributed by atoms with E-state index in [1.54, 1.807) is 5.72 Å². The second-order valence-corrected chi connectivity index (χ2v) is 10.2. The normalized spacial score (nSPS) is 35.4. The molecule has 2 fully saturated rings. The Hall–Kier alpha value is -1.13. The van der Waals surface area contributed by atoms with Crippen molar-refractivity contribution in [1.29, 1.82) is 0 Å². The van der Waals surface area contributed by atoms with E-state index in [2.05, 4.69) is 36.8 Å². The van der Waals surface area contributed by atoms with Crippen molar-refractivity contribution in [2.24, 2.45) is 11.8 Å². The minimum absolute atomic E-state index is 0.343. The fourth-order valence-corrected chi connectivity index (χ4v) is 6.90. The lowest BCUT2D eigenvalue weighted by atomic mass is 9.26. The molecule has 5 rings (SSSR count). The van der Waals surface area contributed by atoms with E-state index in [-0.39, 0.29) is 6.71 Å². The van der Waals surface area contributed by atoms with Crippen LogP contribution in [0.5, 0.6) is 11.8 Å². The van der Waals surface area contributed by atoms with E-state index in [4.69, 9.17) is 9.47 Å². The summed E-state index contributed by atoms with van der Waals surface area (Å²) < 4.78 is 17.8. The summed E-state index contributed by atoms with van der Waals surface area (Å²) in [6, 6.07) is 0.953. The zero-order chi connectivity index (χ0) is 18.0. The highest BCUT2D eigenvalue weighted by atomic mass is 16.5. The predicted octanol–water partition coefficient (Wildman–Crippen LogP) is 3.50. The first-order chi connectivity index (χ1) is 12.6. The van der Waals surface area contributed by atoms with Crippen LogP contribution in [0.3, 0.4) is 0 Å². The van der Waals surface area contributed by atoms with E-state index in [9.17, 15) is 0 Å². The van der Waals surface area contributed by atoms with Crippen molar-refractivity contribution in [3.05, 3.63) is 0 Å². The van der Waals surface area contributed by atoms with Crippen LogP contribution >= 0.6 is 0 Å². The molecule has 2 bridgehead atoms. The van der Waals surface area contributed by atoms with Crippen LogP contribution in [0.4, 0.5) is 0 Å². The molecule has 1 aromatic heterocycles. The summed E-state index contributed by atoms with van der Waals surface area (Å²) >= 11 is 0. The van der Waals surface area contributed by atoms with Crippen molar-refractivity contribution in [1.82, 2.24) is 4.57 Å². The van der Waals surface area contributed by atoms with Crippen molar-refractivity contribution in [2.45, 2.75) is 89.9 Å². The molecule has 4 aliphatic heterocycles. The van der Waals surface area contributed by atoms with Gasteiger partial charge in [0.2, 0.25) is 0 Å². The van der Waals surface area contributed by atoms with Crippen molar-refractivity contribution >= 4 is 12.4 Å². The number of ether oxygens (including phenoxy) is 2. The number of fused-ring (bicyclic) bond motifs is 5. The maximum atomic E-state index is 6.27. The first-order valence-corrected chi connectivity index (χ1v) is 11.2. The molecule has 0 aliphatic carbocycles. The van der Waals surface area contributed by atoms with Gasteiger partial charge in [0.25, 0.3) is 0 Å². The topological polar surface area (TPSA) is 27.3 Å². The van der Waals surface area contributed by atoms with Gasteiger partial charge in [-0.15, -0.1) is 0 Å². The Morgan fingerprint density at radius 1 is 0.923 bits per heavy atom. The zero-order valence-corrected chi connectivity index (χ0v) is 17.0. The molecule has 0 radical (unpaired) electrons. The van der Waals surface area contributed by atoms with Crippen LogP contribution < -0.4 is 19.8 Å². The third kappa shape index (κ3) is 2.31. The molecule has 0 spiro atoms. The van der Waals surface area contributed by atoms with Crippen LogP contribution in [0.15, 0.2) is 0 Å². The maximum Gasteiger partial charge on any atom is 0.370 e. The van der Waals surface area contributed by atoms with E-state index >= 15 is 0 Å². The Kier molecular flexibility index (Phi) is 4.06. The Balaban J connectivity index is 1.70. The second-order valence-electron chi connectivity index (χ2n) is 10.2. The molecule has 5 heteroatoms. The summed E-state index contributed by atoms with van der Waals surface area (Å²) in [6.07, 6.45) is 8.71. The van der Waals surface area contributed by atoms with Gasteiger partial charge in [0.15, 0.2) is 0 Å². The number of hydrogen-bond donors (Lipinski definition) is 0. The molecule has 0 saturated carbocycles. The Labute approximate surface area is 158 Å². The van der Waals surface area contributed by atoms with Crippen LogP contribution in [-0.4, -0.2) is 24.5 Å². The molecule has 0 amide bonds. The first-order valence-electron chi connectivity index (χ1n) is 11.2. The quantitative estimate of drug-likeness (QED) is 0.611. The third-order valence-corrected chi connectivity index (χ3v) is 8.22. The van der Waals surface area contributed by atoms with Gasteiger partial charge in [-0.05, 0) is 11.8 Å². The van der Waals surface area contributed by atoms with Crippen molar-refractivity contribution in [3.8, 4) is 11.8 Å². The lowest BCUT2D eigenvalue weighted by molar-refractivity contribution is -0.695. The number of nitrogens with zero attached hydrogens (tertiary/aromatic N) is 2. The van der Waals surface area contributed by atoms with Gasteiger partial charge < -0.3 is 9.47 Å². The molecule has 26 heavy (non-hydrogen) atoms. The first kappa shape index (κ1) is 17.0. The smallest absolute Gasteiger partial charge is 0.370 e. The van der Waals surface area contributed by atoms with Gasteiger partial charge in [0.05, 0.1) is 5.72 Å². The summed E-state index contributed by atoms with van der Waals surface area (Å²) in [5.41, 5.74) is 1.65. The number of aromatic nitrogens is 2. The fourth-order valence-electron chi connectivity index (χ4n) is 6.90. The van der Waals surface area contributed by atoms with Gasteiger partial charge in [0, 0.05) is 0 Å². The van der Waals surface area contributed by atoms with Gasteiger partial charge in [0.1, 0.15) is 32.0 Å². The molecule has 2 saturated heterocycles. The van der Waals surface area contributed by atoms with E-state index in [1.807, 2.05) is 0 Å². The summed E-state index contributed by atoms with van der Waals surface area (Å²) in [7, 11) is 0. The molecule has 1 aromatic rings. The average Bonchev–Trinajstić information content (AvgIpc) is 3.24. The van der Waals surface area contributed by atoms with Crippen molar-refractivity contribution < 1.29 is 14.0 Å². The summed E-state index contributed by atoms with van der Waals surface area (Å²) in [5.74, 6) is 5.20. The highest BCUT2D eigenvalue weighted by Gasteiger charge is 2.51. The molecule has 4 aliphatic rings. The number of rotatable bonds is 3. The fraction of sp³-hybridized carbons (Fsp3) is 0.857. The Bertz CT molecular complexity index is 635. The molecular weight excluding hydrogens is 323 g/mol. The molecule has 144 valence electrons. The maximum absolute atomic E-state index is 6.27. The van der Waals surface area contributed by atoms with Crippen LogP contribution in [0.1, 0.15) is 78.3 Å². The van der Waals surface area contributed by atoms with E-state index in [0.717, 1.165) is 36.6 Å². The lowest BCUT2D eigenvalue weighted by Crippen LogP contribution is -2.64. The minimum atomic E-state index is -0.343. The van der Waals surface area contributed by atoms with Crippen molar-refractivity contribution in [3.63, 3.8) is 0 Å². The highest BCUT2D eigenvalue weighted by molar-refractivity contribution is 6.74. The standard InChI is InChI=1S/C21H35BN2O2/c1-13(2)17-11-25-19-20-24(18(12-26-20)14(3)4)21(23(17)19)22-15-7-5-8-16(22)10-6-9-15/h13-18,22H,5-12H2,1-4H3/t15?,16?,17-,18-,22?/m1/s1. The van der Waals surface area contributed by atoms with Gasteiger partial charge in [-0.2, -0.15) is 11.6 Å². The molecule has 0 unspecified atom stereocenters. The molecular formula is C21H35BN2O2. The molecule has 0 aromatic carbocycles. The molecule has 0 N–H and O–H groups in total. The van der Waals surface area contributed by atoms with Crippen LogP contribution in [0.25, 0.3) is 0 Å². The van der Waals surface area contributed by atoms with Crippen LogP contribution in [0.2, 0.25) is 11.6 Å². The summed E-state index contributed by atoms with van der Waals surface area (Å²) in [4.78, 5) is 0. The molecule has 4 nitrogen and oxygen atoms in total. The third-order valence-electron chi connectivity index (χ3n) is 8.22. The Morgan fingerprint density at radius 2 is 1.58 bits per heavy atom. The van der Waals surface area contributed by atoms with Crippen LogP contribution in [-0.2, 0) is 0 Å². The van der Waals surface area contributed by atoms with Crippen LogP contribution in [0, 0.1) is 11.8 Å². The number of imidazole rings is 1. The van der Waals surface area contributed by atoms with Crippen molar-refractivity contribution in [2.75, 3.05) is 13.2 Å². The summed E-state index contributed by atoms with van der Waals surface area (Å²) in [6.45, 7) is 10.7. The van der Waals surface area contributed by atoms with Gasteiger partial charge in [-0.25, -0.2) is 9.13 Å². The average molecular weight is 358 g/mol. The largest absolute Gasteiger partial charge is 0.452 e. The lowest BCUT2D eigenvalue weighted by Gasteiger charge is -2.46. The zero-order valence-electron chi connectivity index (χ0n) is 17.0. The van der Waals surface area contributed by atoms with Gasteiger partial charge in [-0.3, -0.25) is 0 Å². The monoisotopic (exact) mass is 358 g/mol. The predicted molar refractivity (Wildman–Crippen MR) is 105 cm³/mol. The Morgan fingerprint density at radius 3 is 2.15 bits per heavy atom. The summed E-state index contributed by atoms with van der Waals surface area (Å²) in [5, 5.41) is 0. The van der Waals surface area contributed by atoms with E-state index in [0.29, 0.717) is 23.9 Å². The van der Waals surface area contributed by atoms with E-state index in [1.165, 1.54) is 38.5 Å².